The Hall–Kier alpha value is -2.96. The number of benzene rings is 2. The van der Waals surface area contributed by atoms with E-state index < -0.39 is 5.97 Å². The summed E-state index contributed by atoms with van der Waals surface area (Å²) in [6, 6.07) is 24.0. The molecule has 6 heteroatoms. The van der Waals surface area contributed by atoms with Gasteiger partial charge in [0.1, 0.15) is 0 Å². The van der Waals surface area contributed by atoms with Crippen LogP contribution in [0.1, 0.15) is 92.6 Å². The van der Waals surface area contributed by atoms with E-state index >= 15 is 0 Å². The molecule has 3 heterocycles. The van der Waals surface area contributed by atoms with E-state index in [1.54, 1.807) is 0 Å². The van der Waals surface area contributed by atoms with Crippen LogP contribution in [0.4, 0.5) is 0 Å². The first-order chi connectivity index (χ1) is 20.5. The number of likely N-dealkylation sites (tertiary alicyclic amines) is 2. The molecule has 6 rings (SSSR count). The number of aliphatic carboxylic acids is 1. The van der Waals surface area contributed by atoms with Crippen LogP contribution in [0.5, 0.6) is 0 Å². The summed E-state index contributed by atoms with van der Waals surface area (Å²) in [6.07, 6.45) is 9.11. The number of piperidine rings is 1. The molecule has 2 saturated heterocycles. The van der Waals surface area contributed by atoms with Crippen LogP contribution in [0.2, 0.25) is 0 Å². The highest BCUT2D eigenvalue weighted by atomic mass is 16.4. The molecule has 0 amide bonds. The van der Waals surface area contributed by atoms with Gasteiger partial charge in [-0.15, -0.1) is 0 Å². The first-order valence-corrected chi connectivity index (χ1v) is 16.4. The van der Waals surface area contributed by atoms with E-state index in [0.717, 1.165) is 71.4 Å². The Balaban J connectivity index is 1.13. The predicted molar refractivity (Wildman–Crippen MR) is 168 cm³/mol. The Morgan fingerprint density at radius 3 is 2.31 bits per heavy atom. The Bertz CT molecular complexity index is 1290. The van der Waals surface area contributed by atoms with Gasteiger partial charge in [0.2, 0.25) is 0 Å². The lowest BCUT2D eigenvalue weighted by atomic mass is 9.78. The second-order valence-corrected chi connectivity index (χ2v) is 13.2. The molecule has 2 aliphatic heterocycles. The van der Waals surface area contributed by atoms with Gasteiger partial charge in [-0.25, -0.2) is 0 Å². The number of carboxylic acids is 1. The highest BCUT2D eigenvalue weighted by Gasteiger charge is 2.46. The third-order valence-corrected chi connectivity index (χ3v) is 10.5. The lowest BCUT2D eigenvalue weighted by Gasteiger charge is -2.44. The van der Waals surface area contributed by atoms with Crippen molar-refractivity contribution in [2.24, 2.45) is 5.92 Å². The predicted octanol–water partition coefficient (Wildman–Crippen LogP) is 6.57. The van der Waals surface area contributed by atoms with Crippen molar-refractivity contribution in [1.82, 2.24) is 19.6 Å². The normalized spacial score (nSPS) is 23.7. The molecule has 3 fully saturated rings. The number of aromatic nitrogens is 2. The number of rotatable bonds is 10. The average molecular weight is 569 g/mol. The van der Waals surface area contributed by atoms with Gasteiger partial charge in [-0.05, 0) is 68.8 Å². The quantitative estimate of drug-likeness (QED) is 0.300. The van der Waals surface area contributed by atoms with Gasteiger partial charge in [0.15, 0.2) is 0 Å². The zero-order chi connectivity index (χ0) is 28.9. The Morgan fingerprint density at radius 1 is 0.952 bits per heavy atom. The molecule has 6 nitrogen and oxygen atoms in total. The molecular weight excluding hydrogens is 520 g/mol. The summed E-state index contributed by atoms with van der Waals surface area (Å²) < 4.78 is 2.24. The monoisotopic (exact) mass is 568 g/mol. The first kappa shape index (κ1) is 29.1. The summed E-state index contributed by atoms with van der Waals surface area (Å²) in [5.41, 5.74) is 5.14. The molecule has 2 aromatic carbocycles. The van der Waals surface area contributed by atoms with Crippen LogP contribution in [0, 0.1) is 5.92 Å². The van der Waals surface area contributed by atoms with E-state index in [2.05, 4.69) is 88.1 Å². The fourth-order valence-corrected chi connectivity index (χ4v) is 8.32. The van der Waals surface area contributed by atoms with E-state index in [0.29, 0.717) is 17.8 Å². The summed E-state index contributed by atoms with van der Waals surface area (Å²) in [7, 11) is 0. The van der Waals surface area contributed by atoms with Gasteiger partial charge >= 0.3 is 5.97 Å². The van der Waals surface area contributed by atoms with Crippen LogP contribution in [-0.4, -0.2) is 68.9 Å². The highest BCUT2D eigenvalue weighted by Crippen LogP contribution is 2.44. The zero-order valence-corrected chi connectivity index (χ0v) is 25.3. The van der Waals surface area contributed by atoms with E-state index in [1.807, 2.05) is 0 Å². The van der Waals surface area contributed by atoms with Crippen molar-refractivity contribution in [2.45, 2.75) is 88.6 Å². The van der Waals surface area contributed by atoms with Gasteiger partial charge < -0.3 is 10.0 Å². The standard InChI is InChI=1S/C36H48N4O2/c1-2-40-34(23-32(37-40)22-28-12-6-3-7-13-28)30-16-20-38(21-17-30)25-31-26-39(27-33(31)29-14-8-4-9-15-29)36(24-35(41)42)18-10-5-11-19-36/h3-4,6-9,12-15,23,30-31,33H,2,5,10-11,16-22,24-27H2,1H3,(H,41,42). The third kappa shape index (κ3) is 6.50. The molecule has 42 heavy (non-hydrogen) atoms. The van der Waals surface area contributed by atoms with E-state index in [1.165, 1.54) is 41.8 Å². The Morgan fingerprint density at radius 2 is 1.64 bits per heavy atom. The maximum Gasteiger partial charge on any atom is 0.305 e. The van der Waals surface area contributed by atoms with Crippen LogP contribution in [0.3, 0.4) is 0 Å². The van der Waals surface area contributed by atoms with Gasteiger partial charge in [-0.1, -0.05) is 79.9 Å². The van der Waals surface area contributed by atoms with Crippen molar-refractivity contribution in [3.05, 3.63) is 89.2 Å². The maximum atomic E-state index is 12.0. The lowest BCUT2D eigenvalue weighted by Crippen LogP contribution is -2.50. The molecule has 0 radical (unpaired) electrons. The molecule has 1 aromatic heterocycles. The fourth-order valence-electron chi connectivity index (χ4n) is 8.32. The number of aryl methyl sites for hydroxylation is 1. The third-order valence-electron chi connectivity index (χ3n) is 10.5. The second-order valence-electron chi connectivity index (χ2n) is 13.2. The number of hydrogen-bond acceptors (Lipinski definition) is 4. The molecule has 0 bridgehead atoms. The molecular formula is C36H48N4O2. The van der Waals surface area contributed by atoms with Crippen LogP contribution < -0.4 is 0 Å². The van der Waals surface area contributed by atoms with E-state index in [4.69, 9.17) is 5.10 Å². The number of nitrogens with zero attached hydrogens (tertiary/aromatic N) is 4. The zero-order valence-electron chi connectivity index (χ0n) is 25.3. The van der Waals surface area contributed by atoms with E-state index in [-0.39, 0.29) is 12.0 Å². The van der Waals surface area contributed by atoms with Crippen molar-refractivity contribution in [3.63, 3.8) is 0 Å². The van der Waals surface area contributed by atoms with Crippen LogP contribution in [0.25, 0.3) is 0 Å². The van der Waals surface area contributed by atoms with Crippen molar-refractivity contribution in [2.75, 3.05) is 32.7 Å². The van der Waals surface area contributed by atoms with Crippen LogP contribution in [-0.2, 0) is 17.8 Å². The van der Waals surface area contributed by atoms with E-state index in [9.17, 15) is 9.90 Å². The average Bonchev–Trinajstić information content (AvgIpc) is 3.63. The minimum absolute atomic E-state index is 0.172. The molecule has 224 valence electrons. The highest BCUT2D eigenvalue weighted by molar-refractivity contribution is 5.68. The minimum atomic E-state index is -0.642. The van der Waals surface area contributed by atoms with Crippen molar-refractivity contribution in [3.8, 4) is 0 Å². The maximum absolute atomic E-state index is 12.0. The SMILES string of the molecule is CCn1nc(Cc2ccccc2)cc1C1CCN(CC2CN(C3(CC(=O)O)CCCCC3)CC2c2ccccc2)CC1. The summed E-state index contributed by atoms with van der Waals surface area (Å²) in [4.78, 5) is 17.3. The summed E-state index contributed by atoms with van der Waals surface area (Å²) >= 11 is 0. The van der Waals surface area contributed by atoms with Crippen molar-refractivity contribution >= 4 is 5.97 Å². The second kappa shape index (κ2) is 13.1. The Kier molecular flexibility index (Phi) is 9.11. The van der Waals surface area contributed by atoms with Gasteiger partial charge in [0, 0.05) is 55.7 Å². The Labute approximate surface area is 251 Å². The summed E-state index contributed by atoms with van der Waals surface area (Å²) in [5.74, 6) is 0.898. The van der Waals surface area contributed by atoms with Gasteiger partial charge in [0.05, 0.1) is 12.1 Å². The largest absolute Gasteiger partial charge is 0.481 e. The summed E-state index contributed by atoms with van der Waals surface area (Å²) in [6.45, 7) is 8.45. The molecule has 2 atom stereocenters. The molecule has 1 N–H and O–H groups in total. The van der Waals surface area contributed by atoms with Gasteiger partial charge in [0.25, 0.3) is 0 Å². The topological polar surface area (TPSA) is 61.6 Å². The molecule has 3 aliphatic rings. The lowest BCUT2D eigenvalue weighted by molar-refractivity contribution is -0.141. The smallest absolute Gasteiger partial charge is 0.305 e. The van der Waals surface area contributed by atoms with Crippen molar-refractivity contribution in [1.29, 1.82) is 0 Å². The molecule has 1 aliphatic carbocycles. The van der Waals surface area contributed by atoms with Gasteiger partial charge in [-0.3, -0.25) is 14.4 Å². The first-order valence-electron chi connectivity index (χ1n) is 16.4. The van der Waals surface area contributed by atoms with Crippen molar-refractivity contribution < 1.29 is 9.90 Å². The molecule has 0 spiro atoms. The molecule has 1 saturated carbocycles. The molecule has 3 aromatic rings. The minimum Gasteiger partial charge on any atom is -0.481 e. The summed E-state index contributed by atoms with van der Waals surface area (Å²) in [5, 5.41) is 14.9. The number of carbonyl (C=O) groups is 1. The van der Waals surface area contributed by atoms with Gasteiger partial charge in [-0.2, -0.15) is 5.10 Å². The number of hydrogen-bond donors (Lipinski definition) is 1. The van der Waals surface area contributed by atoms with Crippen LogP contribution >= 0.6 is 0 Å². The molecule has 2 unspecified atom stereocenters. The van der Waals surface area contributed by atoms with Crippen LogP contribution in [0.15, 0.2) is 66.7 Å². The fraction of sp³-hybridized carbons (Fsp3) is 0.556. The number of carboxylic acid groups (broad SMARTS) is 1.